The van der Waals surface area contributed by atoms with Gasteiger partial charge in [0.25, 0.3) is 5.56 Å². The van der Waals surface area contributed by atoms with Gasteiger partial charge in [-0.05, 0) is 48.7 Å². The smallest absolute Gasteiger partial charge is 0.263 e. The molecule has 0 amide bonds. The lowest BCUT2D eigenvalue weighted by molar-refractivity contribution is 0.726. The molecule has 0 spiro atoms. The highest BCUT2D eigenvalue weighted by atomic mass is 79.9. The first-order valence-electron chi connectivity index (χ1n) is 10.2. The number of rotatable bonds is 3. The van der Waals surface area contributed by atoms with E-state index < -0.39 is 0 Å². The predicted molar refractivity (Wildman–Crippen MR) is 124 cm³/mol. The predicted octanol–water partition coefficient (Wildman–Crippen LogP) is 4.89. The second-order valence-corrected chi connectivity index (χ2v) is 9.07. The van der Waals surface area contributed by atoms with Gasteiger partial charge in [-0.15, -0.1) is 10.2 Å². The lowest BCUT2D eigenvalue weighted by atomic mass is 10.2. The first-order chi connectivity index (χ1) is 14.6. The summed E-state index contributed by atoms with van der Waals surface area (Å²) in [5.41, 5.74) is 1.69. The third-order valence-corrected chi connectivity index (χ3v) is 6.45. The number of halogens is 2. The average molecular weight is 487 g/mol. The normalized spacial score (nSPS) is 15.1. The van der Waals surface area contributed by atoms with Crippen LogP contribution in [0.25, 0.3) is 16.7 Å². The van der Waals surface area contributed by atoms with Gasteiger partial charge in [0.05, 0.1) is 17.4 Å². The van der Waals surface area contributed by atoms with Crippen molar-refractivity contribution < 1.29 is 0 Å². The van der Waals surface area contributed by atoms with E-state index in [2.05, 4.69) is 31.0 Å². The number of aromatic nitrogens is 4. The van der Waals surface area contributed by atoms with E-state index in [9.17, 15) is 4.79 Å². The molecular formula is C22H21BrClN5O. The van der Waals surface area contributed by atoms with Gasteiger partial charge in [0, 0.05) is 22.6 Å². The van der Waals surface area contributed by atoms with Crippen LogP contribution >= 0.6 is 27.5 Å². The highest BCUT2D eigenvalue weighted by Gasteiger charge is 2.21. The van der Waals surface area contributed by atoms with Crippen molar-refractivity contribution in [1.82, 2.24) is 19.2 Å². The summed E-state index contributed by atoms with van der Waals surface area (Å²) in [6.07, 6.45) is 4.74. The molecule has 0 aliphatic carbocycles. The zero-order valence-electron chi connectivity index (χ0n) is 16.4. The third-order valence-electron chi connectivity index (χ3n) is 5.69. The molecule has 5 rings (SSSR count). The van der Waals surface area contributed by atoms with Gasteiger partial charge in [0.1, 0.15) is 0 Å². The van der Waals surface area contributed by atoms with Crippen LogP contribution in [0.5, 0.6) is 0 Å². The number of hydrogen-bond donors (Lipinski definition) is 0. The van der Waals surface area contributed by atoms with Crippen LogP contribution in [0.3, 0.4) is 0 Å². The minimum Gasteiger partial charge on any atom is -0.341 e. The molecule has 1 aliphatic heterocycles. The SMILES string of the molecule is O=c1c2cc(Cl)ccc2n2c(N3CCCCCC3)nnc2n1Cc1ccc(Br)cc1. The molecule has 0 bridgehead atoms. The molecule has 3 heterocycles. The fourth-order valence-electron chi connectivity index (χ4n) is 4.16. The molecule has 0 atom stereocenters. The van der Waals surface area contributed by atoms with E-state index in [1.807, 2.05) is 40.8 Å². The van der Waals surface area contributed by atoms with Crippen LogP contribution in [-0.4, -0.2) is 32.3 Å². The van der Waals surface area contributed by atoms with Crippen LogP contribution in [0.15, 0.2) is 51.7 Å². The van der Waals surface area contributed by atoms with Gasteiger partial charge in [-0.1, -0.05) is 52.5 Å². The Morgan fingerprint density at radius 3 is 2.43 bits per heavy atom. The molecule has 0 saturated carbocycles. The summed E-state index contributed by atoms with van der Waals surface area (Å²) in [4.78, 5) is 15.7. The molecule has 8 heteroatoms. The molecule has 0 unspecified atom stereocenters. The van der Waals surface area contributed by atoms with Crippen molar-refractivity contribution in [2.75, 3.05) is 18.0 Å². The van der Waals surface area contributed by atoms with Crippen molar-refractivity contribution in [2.45, 2.75) is 32.2 Å². The second kappa shape index (κ2) is 8.04. The van der Waals surface area contributed by atoms with E-state index in [0.29, 0.717) is 22.7 Å². The Morgan fingerprint density at radius 1 is 0.967 bits per heavy atom. The van der Waals surface area contributed by atoms with Crippen LogP contribution in [0, 0.1) is 0 Å². The first kappa shape index (κ1) is 19.6. The fraction of sp³-hybridized carbons (Fsp3) is 0.318. The number of nitrogens with zero attached hydrogens (tertiary/aromatic N) is 5. The molecule has 0 N–H and O–H groups in total. The van der Waals surface area contributed by atoms with Gasteiger partial charge < -0.3 is 4.90 Å². The van der Waals surface area contributed by atoms with Crippen LogP contribution < -0.4 is 10.5 Å². The van der Waals surface area contributed by atoms with Gasteiger partial charge in [-0.2, -0.15) is 0 Å². The molecule has 6 nitrogen and oxygen atoms in total. The van der Waals surface area contributed by atoms with E-state index >= 15 is 0 Å². The van der Waals surface area contributed by atoms with Crippen molar-refractivity contribution in [1.29, 1.82) is 0 Å². The minimum atomic E-state index is -0.113. The molecule has 154 valence electrons. The number of hydrogen-bond acceptors (Lipinski definition) is 4. The highest BCUT2D eigenvalue weighted by molar-refractivity contribution is 9.10. The van der Waals surface area contributed by atoms with Crippen molar-refractivity contribution >= 4 is 50.2 Å². The summed E-state index contributed by atoms with van der Waals surface area (Å²) in [5, 5.41) is 10.1. The average Bonchev–Trinajstić information content (AvgIpc) is 3.00. The summed E-state index contributed by atoms with van der Waals surface area (Å²) in [5.74, 6) is 1.35. The third kappa shape index (κ3) is 3.50. The largest absolute Gasteiger partial charge is 0.341 e. The Bertz CT molecular complexity index is 1270. The summed E-state index contributed by atoms with van der Waals surface area (Å²) < 4.78 is 4.70. The van der Waals surface area contributed by atoms with E-state index in [-0.39, 0.29) is 5.56 Å². The molecular weight excluding hydrogens is 466 g/mol. The van der Waals surface area contributed by atoms with Crippen molar-refractivity contribution in [3.05, 3.63) is 67.9 Å². The van der Waals surface area contributed by atoms with Gasteiger partial charge in [-0.3, -0.25) is 9.36 Å². The maximum absolute atomic E-state index is 13.4. The van der Waals surface area contributed by atoms with Crippen molar-refractivity contribution in [2.24, 2.45) is 0 Å². The minimum absolute atomic E-state index is 0.113. The standard InChI is InChI=1S/C22H21BrClN5O/c23-16-7-5-15(6-8-16)14-28-20(30)18-13-17(24)9-10-19(18)29-21(25-26-22(28)29)27-11-3-1-2-4-12-27/h5-10,13H,1-4,11-12,14H2. The topological polar surface area (TPSA) is 55.4 Å². The van der Waals surface area contributed by atoms with E-state index in [1.54, 1.807) is 10.6 Å². The quantitative estimate of drug-likeness (QED) is 0.414. The van der Waals surface area contributed by atoms with Crippen LogP contribution in [0.4, 0.5) is 5.95 Å². The van der Waals surface area contributed by atoms with E-state index in [1.165, 1.54) is 12.8 Å². The van der Waals surface area contributed by atoms with Gasteiger partial charge in [0.15, 0.2) is 0 Å². The van der Waals surface area contributed by atoms with Gasteiger partial charge in [-0.25, -0.2) is 4.40 Å². The molecule has 4 aromatic rings. The maximum atomic E-state index is 13.4. The Hall–Kier alpha value is -2.38. The summed E-state index contributed by atoms with van der Waals surface area (Å²) >= 11 is 9.72. The number of fused-ring (bicyclic) bond motifs is 3. The monoisotopic (exact) mass is 485 g/mol. The Kier molecular flexibility index (Phi) is 5.25. The molecule has 1 saturated heterocycles. The van der Waals surface area contributed by atoms with E-state index in [4.69, 9.17) is 11.6 Å². The first-order valence-corrected chi connectivity index (χ1v) is 11.4. The number of benzene rings is 2. The lowest BCUT2D eigenvalue weighted by Gasteiger charge is -2.21. The van der Waals surface area contributed by atoms with Gasteiger partial charge in [0.2, 0.25) is 11.7 Å². The summed E-state index contributed by atoms with van der Waals surface area (Å²) in [6, 6.07) is 13.4. The molecule has 1 fully saturated rings. The van der Waals surface area contributed by atoms with Crippen LogP contribution in [0.2, 0.25) is 5.02 Å². The van der Waals surface area contributed by atoms with E-state index in [0.717, 1.165) is 47.4 Å². The van der Waals surface area contributed by atoms with Crippen molar-refractivity contribution in [3.63, 3.8) is 0 Å². The van der Waals surface area contributed by atoms with Crippen LogP contribution in [-0.2, 0) is 6.54 Å². The lowest BCUT2D eigenvalue weighted by Crippen LogP contribution is -2.28. The molecule has 1 aliphatic rings. The summed E-state index contributed by atoms with van der Waals surface area (Å²) in [7, 11) is 0. The molecule has 2 aromatic carbocycles. The highest BCUT2D eigenvalue weighted by Crippen LogP contribution is 2.25. The van der Waals surface area contributed by atoms with Gasteiger partial charge >= 0.3 is 0 Å². The Balaban J connectivity index is 1.75. The maximum Gasteiger partial charge on any atom is 0.263 e. The van der Waals surface area contributed by atoms with Crippen molar-refractivity contribution in [3.8, 4) is 0 Å². The molecule has 0 radical (unpaired) electrons. The summed E-state index contributed by atoms with van der Waals surface area (Å²) in [6.45, 7) is 2.31. The molecule has 30 heavy (non-hydrogen) atoms. The second-order valence-electron chi connectivity index (χ2n) is 7.72. The van der Waals surface area contributed by atoms with Crippen LogP contribution in [0.1, 0.15) is 31.2 Å². The number of anilines is 1. The Morgan fingerprint density at radius 2 is 1.70 bits per heavy atom. The zero-order chi connectivity index (χ0) is 20.7. The molecule has 2 aromatic heterocycles. The zero-order valence-corrected chi connectivity index (χ0v) is 18.7. The Labute approximate surface area is 187 Å². The fourth-order valence-corrected chi connectivity index (χ4v) is 4.60.